The smallest absolute Gasteiger partial charge is 0.0120 e. The normalized spacial score (nSPS) is 33.1. The van der Waals surface area contributed by atoms with Gasteiger partial charge in [0.1, 0.15) is 0 Å². The highest BCUT2D eigenvalue weighted by Gasteiger charge is 2.41. The molecular formula is C18H33N3. The van der Waals surface area contributed by atoms with Crippen molar-refractivity contribution < 1.29 is 0 Å². The molecule has 1 spiro atoms. The molecule has 0 aromatic heterocycles. The van der Waals surface area contributed by atoms with Crippen molar-refractivity contribution in [2.75, 3.05) is 39.3 Å². The van der Waals surface area contributed by atoms with Crippen molar-refractivity contribution in [1.29, 1.82) is 0 Å². The first-order valence-electron chi connectivity index (χ1n) is 9.54. The van der Waals surface area contributed by atoms with E-state index in [1.54, 1.807) is 0 Å². The number of nitrogens with zero attached hydrogens (tertiary/aromatic N) is 2. The summed E-state index contributed by atoms with van der Waals surface area (Å²) in [5.41, 5.74) is 0.725. The van der Waals surface area contributed by atoms with Crippen LogP contribution in [0.3, 0.4) is 0 Å². The molecule has 3 aliphatic heterocycles. The van der Waals surface area contributed by atoms with Crippen molar-refractivity contribution in [3.63, 3.8) is 0 Å². The number of nitrogens with one attached hydrogen (secondary N) is 1. The molecule has 4 rings (SSSR count). The molecule has 1 N–H and O–H groups in total. The van der Waals surface area contributed by atoms with E-state index in [0.717, 1.165) is 17.5 Å². The second kappa shape index (κ2) is 6.17. The van der Waals surface area contributed by atoms with Gasteiger partial charge in [0.05, 0.1) is 0 Å². The minimum atomic E-state index is 0.725. The largest absolute Gasteiger partial charge is 0.316 e. The molecule has 0 radical (unpaired) electrons. The number of hydrogen-bond donors (Lipinski definition) is 1. The molecule has 0 aromatic rings. The van der Waals surface area contributed by atoms with Crippen LogP contribution in [0.15, 0.2) is 0 Å². The number of piperidine rings is 2. The van der Waals surface area contributed by atoms with E-state index < -0.39 is 0 Å². The summed E-state index contributed by atoms with van der Waals surface area (Å²) < 4.78 is 0. The zero-order valence-corrected chi connectivity index (χ0v) is 13.7. The maximum Gasteiger partial charge on any atom is 0.0120 e. The maximum absolute atomic E-state index is 3.49. The minimum Gasteiger partial charge on any atom is -0.316 e. The molecule has 0 bridgehead atoms. The van der Waals surface area contributed by atoms with E-state index in [1.165, 1.54) is 97.1 Å². The quantitative estimate of drug-likeness (QED) is 0.843. The van der Waals surface area contributed by atoms with Gasteiger partial charge >= 0.3 is 0 Å². The fourth-order valence-electron chi connectivity index (χ4n) is 5.31. The molecule has 1 saturated carbocycles. The standard InChI is InChI=1S/C18H33N3/c1-2-10-20(11-3-1)17-6-12-21(13-7-17)16-4-8-18(9-5-16)14-19-15-18/h16-17,19H,1-15H2. The summed E-state index contributed by atoms with van der Waals surface area (Å²) >= 11 is 0. The highest BCUT2D eigenvalue weighted by atomic mass is 15.2. The minimum absolute atomic E-state index is 0.725. The van der Waals surface area contributed by atoms with E-state index in [1.807, 2.05) is 0 Å². The molecule has 0 unspecified atom stereocenters. The van der Waals surface area contributed by atoms with Gasteiger partial charge in [-0.25, -0.2) is 0 Å². The number of hydrogen-bond acceptors (Lipinski definition) is 3. The van der Waals surface area contributed by atoms with Crippen molar-refractivity contribution >= 4 is 0 Å². The Hall–Kier alpha value is -0.120. The monoisotopic (exact) mass is 291 g/mol. The lowest BCUT2D eigenvalue weighted by molar-refractivity contribution is 0.0231. The summed E-state index contributed by atoms with van der Waals surface area (Å²) in [6.45, 7) is 8.11. The van der Waals surface area contributed by atoms with Crippen LogP contribution in [0.25, 0.3) is 0 Å². The van der Waals surface area contributed by atoms with Crippen LogP contribution in [0.4, 0.5) is 0 Å². The van der Waals surface area contributed by atoms with E-state index in [9.17, 15) is 0 Å². The predicted octanol–water partition coefficient (Wildman–Crippen LogP) is 2.47. The molecule has 21 heavy (non-hydrogen) atoms. The average molecular weight is 291 g/mol. The van der Waals surface area contributed by atoms with Gasteiger partial charge in [0, 0.05) is 25.2 Å². The lowest BCUT2D eigenvalue weighted by Gasteiger charge is -2.50. The molecule has 0 atom stereocenters. The van der Waals surface area contributed by atoms with Crippen molar-refractivity contribution in [2.24, 2.45) is 5.41 Å². The predicted molar refractivity (Wildman–Crippen MR) is 87.6 cm³/mol. The molecule has 1 aliphatic carbocycles. The summed E-state index contributed by atoms with van der Waals surface area (Å²) in [7, 11) is 0. The van der Waals surface area contributed by atoms with Gasteiger partial charge in [0.15, 0.2) is 0 Å². The molecule has 120 valence electrons. The average Bonchev–Trinajstić information content (AvgIpc) is 2.55. The SMILES string of the molecule is C1CCN(C2CCN(C3CCC4(CC3)CNC4)CC2)CC1. The van der Waals surface area contributed by atoms with Gasteiger partial charge in [-0.2, -0.15) is 0 Å². The zero-order valence-electron chi connectivity index (χ0n) is 13.7. The van der Waals surface area contributed by atoms with Crippen LogP contribution in [-0.4, -0.2) is 61.2 Å². The second-order valence-corrected chi connectivity index (χ2v) is 8.20. The fraction of sp³-hybridized carbons (Fsp3) is 1.00. The van der Waals surface area contributed by atoms with E-state index >= 15 is 0 Å². The molecule has 4 fully saturated rings. The molecule has 3 heterocycles. The summed E-state index contributed by atoms with van der Waals surface area (Å²) in [6.07, 6.45) is 13.1. The molecule has 3 heteroatoms. The number of rotatable bonds is 2. The third-order valence-corrected chi connectivity index (χ3v) is 6.94. The molecule has 3 nitrogen and oxygen atoms in total. The third kappa shape index (κ3) is 3.02. The summed E-state index contributed by atoms with van der Waals surface area (Å²) in [5, 5.41) is 3.49. The van der Waals surface area contributed by atoms with Crippen molar-refractivity contribution in [3.05, 3.63) is 0 Å². The number of likely N-dealkylation sites (tertiary alicyclic amines) is 2. The maximum atomic E-state index is 3.49. The van der Waals surface area contributed by atoms with Gasteiger partial charge in [-0.15, -0.1) is 0 Å². The zero-order chi connectivity index (χ0) is 14.1. The topological polar surface area (TPSA) is 18.5 Å². The highest BCUT2D eigenvalue weighted by molar-refractivity contribution is 4.98. The summed E-state index contributed by atoms with van der Waals surface area (Å²) in [6, 6.07) is 1.82. The van der Waals surface area contributed by atoms with Gasteiger partial charge in [-0.1, -0.05) is 6.42 Å². The Morgan fingerprint density at radius 3 is 1.81 bits per heavy atom. The molecule has 3 saturated heterocycles. The van der Waals surface area contributed by atoms with Crippen LogP contribution in [0.5, 0.6) is 0 Å². The van der Waals surface area contributed by atoms with Crippen LogP contribution in [0.2, 0.25) is 0 Å². The Kier molecular flexibility index (Phi) is 4.25. The molecule has 0 aromatic carbocycles. The lowest BCUT2D eigenvalue weighted by Crippen LogP contribution is -2.57. The highest BCUT2D eigenvalue weighted by Crippen LogP contribution is 2.41. The van der Waals surface area contributed by atoms with E-state index in [0.29, 0.717) is 0 Å². The molecule has 0 amide bonds. The van der Waals surface area contributed by atoms with Gasteiger partial charge in [-0.3, -0.25) is 0 Å². The van der Waals surface area contributed by atoms with Gasteiger partial charge in [-0.05, 0) is 83.0 Å². The third-order valence-electron chi connectivity index (χ3n) is 6.94. The van der Waals surface area contributed by atoms with Crippen LogP contribution >= 0.6 is 0 Å². The first-order chi connectivity index (χ1) is 10.3. The van der Waals surface area contributed by atoms with Crippen LogP contribution in [-0.2, 0) is 0 Å². The summed E-state index contributed by atoms with van der Waals surface area (Å²) in [5.74, 6) is 0. The van der Waals surface area contributed by atoms with Crippen LogP contribution in [0.1, 0.15) is 57.8 Å². The first kappa shape index (κ1) is 14.5. The van der Waals surface area contributed by atoms with Crippen LogP contribution in [0, 0.1) is 5.41 Å². The summed E-state index contributed by atoms with van der Waals surface area (Å²) in [4.78, 5) is 5.65. The van der Waals surface area contributed by atoms with E-state index in [-0.39, 0.29) is 0 Å². The van der Waals surface area contributed by atoms with Crippen LogP contribution < -0.4 is 5.32 Å². The lowest BCUT2D eigenvalue weighted by atomic mass is 9.68. The molecular weight excluding hydrogens is 258 g/mol. The van der Waals surface area contributed by atoms with E-state index in [4.69, 9.17) is 0 Å². The Morgan fingerprint density at radius 2 is 1.24 bits per heavy atom. The Bertz CT molecular complexity index is 328. The van der Waals surface area contributed by atoms with E-state index in [2.05, 4.69) is 15.1 Å². The van der Waals surface area contributed by atoms with Gasteiger partial charge in [0.2, 0.25) is 0 Å². The van der Waals surface area contributed by atoms with Gasteiger partial charge < -0.3 is 15.1 Å². The van der Waals surface area contributed by atoms with Crippen molar-refractivity contribution in [2.45, 2.75) is 69.9 Å². The molecule has 4 aliphatic rings. The Balaban J connectivity index is 1.24. The Morgan fingerprint density at radius 1 is 0.667 bits per heavy atom. The first-order valence-corrected chi connectivity index (χ1v) is 9.54. The Labute approximate surface area is 130 Å². The second-order valence-electron chi connectivity index (χ2n) is 8.20. The van der Waals surface area contributed by atoms with Crippen molar-refractivity contribution in [3.8, 4) is 0 Å². The van der Waals surface area contributed by atoms with Crippen molar-refractivity contribution in [1.82, 2.24) is 15.1 Å². The van der Waals surface area contributed by atoms with Gasteiger partial charge in [0.25, 0.3) is 0 Å². The fourth-order valence-corrected chi connectivity index (χ4v) is 5.31.